The van der Waals surface area contributed by atoms with E-state index in [1.165, 1.54) is 9.96 Å². The first-order valence-electron chi connectivity index (χ1n) is 7.47. The normalized spacial score (nSPS) is 10.9. The highest BCUT2D eigenvalue weighted by atomic mass is 16.5. The molecule has 120 valence electrons. The van der Waals surface area contributed by atoms with Crippen molar-refractivity contribution >= 4 is 11.3 Å². The lowest BCUT2D eigenvalue weighted by atomic mass is 10.1. The average Bonchev–Trinajstić information content (AvgIpc) is 2.93. The van der Waals surface area contributed by atoms with Gasteiger partial charge >= 0.3 is 5.69 Å². The standard InChI is InChI=1S/C16H19N5O2/c1-11-8-13(15-19-20-16(22)21(15)10-11)17-6-3-4-12-5-7-18-14(9-12)23-2/h5,7-10,17H,3-4,6H2,1-2H3,(H,20,22). The fraction of sp³-hybridized carbons (Fsp3) is 0.312. The van der Waals surface area contributed by atoms with Crippen molar-refractivity contribution in [1.29, 1.82) is 0 Å². The molecule has 0 unspecified atom stereocenters. The molecule has 0 aliphatic rings. The van der Waals surface area contributed by atoms with Gasteiger partial charge in [0.05, 0.1) is 12.8 Å². The van der Waals surface area contributed by atoms with Gasteiger partial charge < -0.3 is 10.1 Å². The summed E-state index contributed by atoms with van der Waals surface area (Å²) in [5.74, 6) is 0.631. The Morgan fingerprint density at radius 1 is 1.39 bits per heavy atom. The number of nitrogens with one attached hydrogen (secondary N) is 2. The van der Waals surface area contributed by atoms with Gasteiger partial charge in [0.1, 0.15) is 0 Å². The molecule has 0 spiro atoms. The first kappa shape index (κ1) is 15.1. The second-order valence-corrected chi connectivity index (χ2v) is 5.39. The highest BCUT2D eigenvalue weighted by molar-refractivity contribution is 5.67. The number of aryl methyl sites for hydroxylation is 2. The Kier molecular flexibility index (Phi) is 4.27. The highest BCUT2D eigenvalue weighted by Gasteiger charge is 2.07. The van der Waals surface area contributed by atoms with Crippen molar-refractivity contribution < 1.29 is 4.74 Å². The predicted molar refractivity (Wildman–Crippen MR) is 88.1 cm³/mol. The molecule has 23 heavy (non-hydrogen) atoms. The van der Waals surface area contributed by atoms with E-state index in [0.717, 1.165) is 30.6 Å². The average molecular weight is 313 g/mol. The second kappa shape index (κ2) is 6.51. The molecule has 0 fully saturated rings. The Morgan fingerprint density at radius 3 is 3.09 bits per heavy atom. The zero-order valence-corrected chi connectivity index (χ0v) is 13.2. The topological polar surface area (TPSA) is 84.3 Å². The van der Waals surface area contributed by atoms with Gasteiger partial charge in [-0.05, 0) is 43.0 Å². The van der Waals surface area contributed by atoms with Crippen LogP contribution in [-0.4, -0.2) is 33.2 Å². The summed E-state index contributed by atoms with van der Waals surface area (Å²) in [5, 5.41) is 9.88. The summed E-state index contributed by atoms with van der Waals surface area (Å²) >= 11 is 0. The number of rotatable bonds is 6. The van der Waals surface area contributed by atoms with Gasteiger partial charge in [0.2, 0.25) is 5.88 Å². The molecule has 0 amide bonds. The number of hydrogen-bond donors (Lipinski definition) is 2. The second-order valence-electron chi connectivity index (χ2n) is 5.39. The summed E-state index contributed by atoms with van der Waals surface area (Å²) in [4.78, 5) is 15.8. The zero-order chi connectivity index (χ0) is 16.2. The molecule has 3 aromatic rings. The molecule has 0 saturated heterocycles. The largest absolute Gasteiger partial charge is 0.481 e. The summed E-state index contributed by atoms with van der Waals surface area (Å²) in [6, 6.07) is 5.92. The van der Waals surface area contributed by atoms with Gasteiger partial charge in [-0.1, -0.05) is 0 Å². The van der Waals surface area contributed by atoms with E-state index in [4.69, 9.17) is 4.74 Å². The number of pyridine rings is 2. The van der Waals surface area contributed by atoms with E-state index in [1.54, 1.807) is 19.5 Å². The van der Waals surface area contributed by atoms with Crippen molar-refractivity contribution in [2.45, 2.75) is 19.8 Å². The van der Waals surface area contributed by atoms with Crippen LogP contribution in [0.5, 0.6) is 5.88 Å². The van der Waals surface area contributed by atoms with Gasteiger partial charge in [-0.3, -0.25) is 0 Å². The maximum absolute atomic E-state index is 11.7. The number of ether oxygens (including phenoxy) is 1. The van der Waals surface area contributed by atoms with E-state index in [1.807, 2.05) is 25.1 Å². The summed E-state index contributed by atoms with van der Waals surface area (Å²) in [6.07, 6.45) is 5.39. The summed E-state index contributed by atoms with van der Waals surface area (Å²) in [5.41, 5.74) is 3.43. The molecule has 3 aromatic heterocycles. The van der Waals surface area contributed by atoms with Crippen LogP contribution in [0.15, 0.2) is 35.4 Å². The van der Waals surface area contributed by atoms with Crippen LogP contribution in [0.3, 0.4) is 0 Å². The van der Waals surface area contributed by atoms with Crippen LogP contribution < -0.4 is 15.7 Å². The molecule has 0 saturated carbocycles. The Balaban J connectivity index is 1.64. The number of anilines is 1. The molecule has 2 N–H and O–H groups in total. The molecule has 0 aliphatic heterocycles. The Hall–Kier alpha value is -2.83. The number of nitrogens with zero attached hydrogens (tertiary/aromatic N) is 3. The third-order valence-corrected chi connectivity index (χ3v) is 3.62. The minimum absolute atomic E-state index is 0.226. The van der Waals surface area contributed by atoms with Gasteiger partial charge in [0.25, 0.3) is 0 Å². The molecule has 0 atom stereocenters. The third kappa shape index (κ3) is 3.33. The van der Waals surface area contributed by atoms with Crippen LogP contribution >= 0.6 is 0 Å². The Labute approximate surface area is 133 Å². The summed E-state index contributed by atoms with van der Waals surface area (Å²) in [7, 11) is 1.61. The molecule has 0 radical (unpaired) electrons. The van der Waals surface area contributed by atoms with Crippen molar-refractivity contribution in [1.82, 2.24) is 19.6 Å². The zero-order valence-electron chi connectivity index (χ0n) is 13.2. The van der Waals surface area contributed by atoms with E-state index >= 15 is 0 Å². The van der Waals surface area contributed by atoms with E-state index in [2.05, 4.69) is 20.5 Å². The van der Waals surface area contributed by atoms with Crippen molar-refractivity contribution in [3.8, 4) is 5.88 Å². The fourth-order valence-corrected chi connectivity index (χ4v) is 2.51. The van der Waals surface area contributed by atoms with Gasteiger partial charge in [0.15, 0.2) is 5.65 Å². The molecule has 0 aliphatic carbocycles. The van der Waals surface area contributed by atoms with Crippen LogP contribution in [0.1, 0.15) is 17.5 Å². The van der Waals surface area contributed by atoms with Crippen molar-refractivity contribution in [2.75, 3.05) is 19.0 Å². The lowest BCUT2D eigenvalue weighted by Crippen LogP contribution is -2.11. The molecule has 0 bridgehead atoms. The number of H-pyrrole nitrogens is 1. The number of methoxy groups -OCH3 is 1. The Morgan fingerprint density at radius 2 is 2.26 bits per heavy atom. The first-order valence-corrected chi connectivity index (χ1v) is 7.47. The van der Waals surface area contributed by atoms with Crippen LogP contribution in [0.25, 0.3) is 5.65 Å². The molecular formula is C16H19N5O2. The van der Waals surface area contributed by atoms with Crippen LogP contribution in [0.4, 0.5) is 5.69 Å². The number of aromatic nitrogens is 4. The lowest BCUT2D eigenvalue weighted by molar-refractivity contribution is 0.397. The molecular weight excluding hydrogens is 294 g/mol. The van der Waals surface area contributed by atoms with E-state index in [9.17, 15) is 4.79 Å². The van der Waals surface area contributed by atoms with Crippen molar-refractivity contribution in [3.05, 3.63) is 52.2 Å². The van der Waals surface area contributed by atoms with Crippen molar-refractivity contribution in [3.63, 3.8) is 0 Å². The third-order valence-electron chi connectivity index (χ3n) is 3.62. The predicted octanol–water partition coefficient (Wildman–Crippen LogP) is 1.78. The van der Waals surface area contributed by atoms with Crippen LogP contribution in [0.2, 0.25) is 0 Å². The summed E-state index contributed by atoms with van der Waals surface area (Å²) < 4.78 is 6.64. The Bertz CT molecular complexity index is 868. The quantitative estimate of drug-likeness (QED) is 0.678. The number of hydrogen-bond acceptors (Lipinski definition) is 5. The number of aromatic amines is 1. The smallest absolute Gasteiger partial charge is 0.347 e. The minimum Gasteiger partial charge on any atom is -0.481 e. The monoisotopic (exact) mass is 313 g/mol. The lowest BCUT2D eigenvalue weighted by Gasteiger charge is -2.09. The minimum atomic E-state index is -0.226. The maximum atomic E-state index is 11.7. The van der Waals surface area contributed by atoms with E-state index in [-0.39, 0.29) is 5.69 Å². The van der Waals surface area contributed by atoms with Crippen LogP contribution in [0, 0.1) is 6.92 Å². The highest BCUT2D eigenvalue weighted by Crippen LogP contribution is 2.16. The molecule has 3 heterocycles. The fourth-order valence-electron chi connectivity index (χ4n) is 2.51. The van der Waals surface area contributed by atoms with Gasteiger partial charge in [-0.25, -0.2) is 19.3 Å². The first-order chi connectivity index (χ1) is 11.2. The van der Waals surface area contributed by atoms with Gasteiger partial charge in [-0.2, -0.15) is 5.10 Å². The van der Waals surface area contributed by atoms with E-state index < -0.39 is 0 Å². The maximum Gasteiger partial charge on any atom is 0.347 e. The molecule has 7 nitrogen and oxygen atoms in total. The molecule has 0 aromatic carbocycles. The van der Waals surface area contributed by atoms with Gasteiger partial charge in [-0.15, -0.1) is 0 Å². The number of fused-ring (bicyclic) bond motifs is 1. The summed E-state index contributed by atoms with van der Waals surface area (Å²) in [6.45, 7) is 2.73. The van der Waals surface area contributed by atoms with Crippen molar-refractivity contribution in [2.24, 2.45) is 0 Å². The van der Waals surface area contributed by atoms with Gasteiger partial charge in [0, 0.05) is 25.0 Å². The van der Waals surface area contributed by atoms with Crippen LogP contribution in [-0.2, 0) is 6.42 Å². The van der Waals surface area contributed by atoms with E-state index in [0.29, 0.717) is 11.5 Å². The SMILES string of the molecule is COc1cc(CCCNc2cc(C)cn3c(=O)[nH]nc23)ccn1. The molecule has 7 heteroatoms. The molecule has 3 rings (SSSR count).